The molecule has 1 aliphatic rings. The minimum absolute atomic E-state index is 0.110. The number of thiophene rings is 1. The maximum atomic E-state index is 13.5. The molecule has 1 amide bonds. The first-order valence-electron chi connectivity index (χ1n) is 16.4. The Morgan fingerprint density at radius 2 is 2.57 bits per heavy atom. The Morgan fingerprint density at radius 1 is 1.79 bits per heavy atom. The second-order valence-corrected chi connectivity index (χ2v) is 7.26. The van der Waals surface area contributed by atoms with Crippen LogP contribution < -0.4 is 10.9 Å². The number of halogens is 1. The van der Waals surface area contributed by atoms with E-state index >= 15 is 0 Å². The number of aromatic hydroxyl groups is 1. The van der Waals surface area contributed by atoms with E-state index in [2.05, 4.69) is 0 Å². The van der Waals surface area contributed by atoms with E-state index in [9.17, 15) is 14.7 Å². The molecule has 2 N–H and O–H groups in total. The van der Waals surface area contributed by atoms with Crippen LogP contribution in [0, 0.1) is 5.89 Å². The lowest BCUT2D eigenvalue weighted by atomic mass is 10.0. The van der Waals surface area contributed by atoms with E-state index < -0.39 is 103 Å². The van der Waals surface area contributed by atoms with Crippen molar-refractivity contribution in [2.75, 3.05) is 26.0 Å². The van der Waals surface area contributed by atoms with E-state index in [1.54, 1.807) is 0 Å². The van der Waals surface area contributed by atoms with Gasteiger partial charge in [0.15, 0.2) is 1.41 Å². The van der Waals surface area contributed by atoms with Crippen molar-refractivity contribution in [3.8, 4) is 5.75 Å². The molecule has 0 bridgehead atoms. The van der Waals surface area contributed by atoms with Crippen LogP contribution in [0.3, 0.4) is 0 Å². The molecule has 2 unspecified atom stereocenters. The van der Waals surface area contributed by atoms with E-state index in [-0.39, 0.29) is 14.5 Å². The minimum atomic E-state index is -3.74. The van der Waals surface area contributed by atoms with Crippen molar-refractivity contribution in [2.45, 2.75) is 45.9 Å². The number of carbonyl (C=O) groups is 1. The Balaban J connectivity index is 2.11. The molecule has 2 aromatic heterocycles. The zero-order chi connectivity index (χ0) is 35.5. The van der Waals surface area contributed by atoms with Crippen molar-refractivity contribution >= 4 is 39.1 Å². The van der Waals surface area contributed by atoms with Gasteiger partial charge in [0.2, 0.25) is 0 Å². The monoisotopic (exact) mass is 442 g/mol. The summed E-state index contributed by atoms with van der Waals surface area (Å²) in [5.41, 5.74) is -2.85. The van der Waals surface area contributed by atoms with Gasteiger partial charge in [0.05, 0.1) is 12.5 Å². The second kappa shape index (κ2) is 8.84. The molecule has 8 heteroatoms. The van der Waals surface area contributed by atoms with Crippen LogP contribution in [0.1, 0.15) is 78.2 Å². The van der Waals surface area contributed by atoms with Crippen molar-refractivity contribution < 1.29 is 33.2 Å². The molecule has 0 aliphatic carbocycles. The van der Waals surface area contributed by atoms with E-state index in [1.165, 1.54) is 0 Å². The number of rotatable bonds is 6. The molecule has 0 radical (unpaired) electrons. The van der Waals surface area contributed by atoms with Crippen molar-refractivity contribution in [1.29, 1.82) is 0 Å². The summed E-state index contributed by atoms with van der Waals surface area (Å²) in [5, 5.41) is 10.2. The van der Waals surface area contributed by atoms with Gasteiger partial charge in [0, 0.05) is 38.3 Å². The van der Waals surface area contributed by atoms with Gasteiger partial charge in [-0.1, -0.05) is 18.5 Å². The van der Waals surface area contributed by atoms with Crippen molar-refractivity contribution in [3.63, 3.8) is 0 Å². The van der Waals surface area contributed by atoms with Gasteiger partial charge in [0.25, 0.3) is 11.5 Å². The summed E-state index contributed by atoms with van der Waals surface area (Å²) in [6.45, 7) is -13.5. The lowest BCUT2D eigenvalue weighted by Gasteiger charge is -2.30. The van der Waals surface area contributed by atoms with Gasteiger partial charge in [-0.2, -0.15) is 0 Å². The van der Waals surface area contributed by atoms with Crippen LogP contribution in [0.5, 0.6) is 5.75 Å². The SMILES string of the molecule is [2H]c1c(Cl)sc2c1c(O)c(C(=O)N([2H])CCC([2H])([2H])N1C([2H])([2H])C([2H])([2H])C([2H])([2H])C([2H])(C)C1([2H])[2H])c(=O)n2C([2H])(C)C([2H])([2H])[2H]. The third-order valence-corrected chi connectivity index (χ3v) is 4.79. The molecule has 1 aliphatic heterocycles. The van der Waals surface area contributed by atoms with E-state index in [4.69, 9.17) is 34.9 Å². The van der Waals surface area contributed by atoms with E-state index in [0.717, 1.165) is 6.92 Å². The molecule has 1 fully saturated rings. The molecule has 3 heterocycles. The standard InChI is InChI=1S/C20H28ClN3O3S/c1-12(2)24-19(27)16(17(25)14-10-15(21)28-20(14)24)18(26)22-7-5-9-23-8-4-6-13(3)11-23/h10,12-13,25H,4-9,11H2,1-3H3,(H,22,26)/i1D3,4D2,6D2,8D2,9D2,10D,11D2,12D,13D/hD. The number of nitrogens with one attached hydrogen (secondary N) is 1. The number of likely N-dealkylation sites (tertiary alicyclic amines) is 1. The zero-order valence-corrected chi connectivity index (χ0v) is 16.4. The first-order valence-corrected chi connectivity index (χ1v) is 9.16. The summed E-state index contributed by atoms with van der Waals surface area (Å²) in [6, 6.07) is -3.43. The van der Waals surface area contributed by atoms with Gasteiger partial charge < -0.3 is 15.3 Å². The summed E-state index contributed by atoms with van der Waals surface area (Å²) in [6.07, 6.45) is -8.35. The topological polar surface area (TPSA) is 74.6 Å². The summed E-state index contributed by atoms with van der Waals surface area (Å²) in [4.78, 5) is 26.1. The van der Waals surface area contributed by atoms with E-state index in [0.29, 0.717) is 22.8 Å². The molecule has 2 atom stereocenters. The highest BCUT2D eigenvalue weighted by Crippen LogP contribution is 2.36. The van der Waals surface area contributed by atoms with Crippen LogP contribution in [0.15, 0.2) is 10.8 Å². The lowest BCUT2D eigenvalue weighted by molar-refractivity contribution is 0.0945. The Morgan fingerprint density at radius 3 is 3.32 bits per heavy atom. The predicted octanol–water partition coefficient (Wildman–Crippen LogP) is 3.85. The van der Waals surface area contributed by atoms with Crippen LogP contribution in [-0.2, 0) is 0 Å². The fourth-order valence-electron chi connectivity index (χ4n) is 2.44. The summed E-state index contributed by atoms with van der Waals surface area (Å²) >= 11 is 6.46. The predicted molar refractivity (Wildman–Crippen MR) is 115 cm³/mol. The molecular weight excluding hydrogens is 398 g/mol. The average Bonchev–Trinajstić information content (AvgIpc) is 3.13. The van der Waals surface area contributed by atoms with Crippen LogP contribution in [0.2, 0.25) is 5.75 Å². The molecular formula is C20H28ClN3O3S. The molecule has 0 aromatic carbocycles. The van der Waals surface area contributed by atoms with Gasteiger partial charge in [-0.3, -0.25) is 14.2 Å². The van der Waals surface area contributed by atoms with Crippen molar-refractivity contribution in [2.24, 2.45) is 5.89 Å². The maximum absolute atomic E-state index is 13.5. The van der Waals surface area contributed by atoms with Crippen molar-refractivity contribution in [1.82, 2.24) is 14.8 Å². The highest BCUT2D eigenvalue weighted by atomic mass is 35.5. The number of carbonyl (C=O) groups excluding carboxylic acids is 1. The maximum Gasteiger partial charge on any atom is 0.268 e. The normalized spacial score (nSPS) is 39.9. The molecule has 28 heavy (non-hydrogen) atoms. The van der Waals surface area contributed by atoms with Gasteiger partial charge in [0.1, 0.15) is 16.1 Å². The molecule has 154 valence electrons. The Bertz CT molecular complexity index is 1570. The summed E-state index contributed by atoms with van der Waals surface area (Å²) < 4.78 is 139. The van der Waals surface area contributed by atoms with Crippen LogP contribution in [-0.4, -0.2) is 46.5 Å². The average molecular weight is 443 g/mol. The molecule has 3 rings (SSSR count). The first-order chi connectivity index (χ1) is 19.8. The van der Waals surface area contributed by atoms with Gasteiger partial charge >= 0.3 is 0 Å². The molecule has 1 saturated heterocycles. The van der Waals surface area contributed by atoms with E-state index in [1.807, 2.05) is 0 Å². The lowest BCUT2D eigenvalue weighted by Crippen LogP contribution is -2.37. The number of amides is 1. The zero-order valence-electron chi connectivity index (χ0n) is 31.8. The van der Waals surface area contributed by atoms with Crippen LogP contribution >= 0.6 is 22.9 Å². The molecule has 0 spiro atoms. The number of piperidine rings is 1. The first kappa shape index (κ1) is 8.28. The number of pyridine rings is 1. The van der Waals surface area contributed by atoms with Gasteiger partial charge in [-0.15, -0.1) is 11.3 Å². The Hall–Kier alpha value is -1.57. The molecule has 0 saturated carbocycles. The number of hydrogen-bond acceptors (Lipinski definition) is 5. The quantitative estimate of drug-likeness (QED) is 0.712. The number of aromatic nitrogens is 1. The summed E-state index contributed by atoms with van der Waals surface area (Å²) in [7, 11) is 0. The van der Waals surface area contributed by atoms with Crippen LogP contribution in [0.25, 0.3) is 10.2 Å². The molecule has 2 aromatic rings. The highest BCUT2D eigenvalue weighted by Gasteiger charge is 2.24. The third-order valence-electron chi connectivity index (χ3n) is 3.60. The smallest absolute Gasteiger partial charge is 0.268 e. The fourth-order valence-corrected chi connectivity index (χ4v) is 3.63. The number of fused-ring (bicyclic) bond motifs is 1. The fraction of sp³-hybridized carbons (Fsp3) is 0.600. The van der Waals surface area contributed by atoms with Crippen LogP contribution in [0.4, 0.5) is 0 Å². The van der Waals surface area contributed by atoms with Gasteiger partial charge in [-0.25, -0.2) is 0 Å². The number of hydrogen-bond donors (Lipinski definition) is 2. The Labute approximate surface area is 198 Å². The minimum Gasteiger partial charge on any atom is -0.506 e. The largest absolute Gasteiger partial charge is 0.506 e. The second-order valence-electron chi connectivity index (χ2n) is 5.66. The highest BCUT2D eigenvalue weighted by molar-refractivity contribution is 7.22. The van der Waals surface area contributed by atoms with Crippen molar-refractivity contribution in [3.05, 3.63) is 26.3 Å². The van der Waals surface area contributed by atoms with Gasteiger partial charge in [-0.05, 0) is 57.9 Å². The number of nitrogens with zero attached hydrogens (tertiary/aromatic N) is 2. The third kappa shape index (κ3) is 4.36. The Kier molecular flexibility index (Phi) is 2.62. The summed E-state index contributed by atoms with van der Waals surface area (Å²) in [5.74, 6) is -5.98. The molecule has 6 nitrogen and oxygen atoms in total.